The Labute approximate surface area is 188 Å². The predicted octanol–water partition coefficient (Wildman–Crippen LogP) is 5.44. The first-order valence-corrected chi connectivity index (χ1v) is 10.5. The van der Waals surface area contributed by atoms with Gasteiger partial charge in [-0.05, 0) is 53.0 Å². The molecule has 1 aromatic carbocycles. The molecule has 6 nitrogen and oxygen atoms in total. The minimum absolute atomic E-state index is 0.473. The Morgan fingerprint density at radius 2 is 1.93 bits per heavy atom. The second-order valence-corrected chi connectivity index (χ2v) is 7.55. The second kappa shape index (κ2) is 9.32. The van der Waals surface area contributed by atoms with Gasteiger partial charge in [0.05, 0.1) is 30.7 Å². The highest BCUT2D eigenvalue weighted by atomic mass is 79.9. The van der Waals surface area contributed by atoms with Gasteiger partial charge in [0, 0.05) is 23.6 Å². The lowest BCUT2D eigenvalue weighted by Crippen LogP contribution is -2.07. The molecule has 4 rings (SSSR count). The van der Waals surface area contributed by atoms with E-state index in [0.717, 1.165) is 33.5 Å². The Bertz CT molecular complexity index is 1190. The van der Waals surface area contributed by atoms with E-state index < -0.39 is 0 Å². The van der Waals surface area contributed by atoms with Crippen LogP contribution in [-0.4, -0.2) is 32.4 Å². The Morgan fingerprint density at radius 3 is 2.80 bits per heavy atom. The molecule has 0 aliphatic rings. The number of hydrogen-bond acceptors (Lipinski definition) is 6. The fourth-order valence-electron chi connectivity index (χ4n) is 3.00. The van der Waals surface area contributed by atoms with Crippen molar-refractivity contribution in [3.63, 3.8) is 0 Å². The van der Waals surface area contributed by atoms with Gasteiger partial charge in [0.15, 0.2) is 0 Å². The number of pyridine rings is 2. The molecule has 8 heteroatoms. The van der Waals surface area contributed by atoms with Crippen molar-refractivity contribution in [2.24, 2.45) is 0 Å². The first kappa shape index (κ1) is 20.4. The summed E-state index contributed by atoms with van der Waals surface area (Å²) in [6, 6.07) is 13.5. The highest BCUT2D eigenvalue weighted by molar-refractivity contribution is 9.10. The third-order valence-corrected chi connectivity index (χ3v) is 5.36. The minimum atomic E-state index is 0.473. The zero-order valence-corrected chi connectivity index (χ0v) is 18.5. The normalized spacial score (nSPS) is 10.9. The maximum absolute atomic E-state index is 5.93. The van der Waals surface area contributed by atoms with Crippen LogP contribution in [0.4, 0.5) is 0 Å². The van der Waals surface area contributed by atoms with Crippen molar-refractivity contribution in [2.75, 3.05) is 13.2 Å². The number of fused-ring (bicyclic) bond motifs is 1. The van der Waals surface area contributed by atoms with Gasteiger partial charge < -0.3 is 9.47 Å². The van der Waals surface area contributed by atoms with Crippen LogP contribution in [0.2, 0.25) is 0 Å². The number of rotatable bonds is 8. The first-order valence-electron chi connectivity index (χ1n) is 9.33. The molecule has 0 fully saturated rings. The van der Waals surface area contributed by atoms with E-state index >= 15 is 0 Å². The molecule has 4 aromatic rings. The molecule has 0 atom stereocenters. The van der Waals surface area contributed by atoms with Crippen LogP contribution < -0.4 is 9.47 Å². The van der Waals surface area contributed by atoms with Crippen LogP contribution in [0.15, 0.2) is 66.0 Å². The molecular weight excluding hydrogens is 464 g/mol. The van der Waals surface area contributed by atoms with Gasteiger partial charge in [-0.2, -0.15) is 5.10 Å². The van der Waals surface area contributed by atoms with Gasteiger partial charge in [0.1, 0.15) is 15.9 Å². The van der Waals surface area contributed by atoms with Crippen molar-refractivity contribution in [3.8, 4) is 22.9 Å². The van der Waals surface area contributed by atoms with Crippen molar-refractivity contribution in [2.45, 2.75) is 6.42 Å². The van der Waals surface area contributed by atoms with Crippen LogP contribution in [0.3, 0.4) is 0 Å². The molecule has 0 amide bonds. The smallest absolute Gasteiger partial charge is 0.222 e. The zero-order valence-electron chi connectivity index (χ0n) is 16.0. The van der Waals surface area contributed by atoms with Crippen LogP contribution in [0, 0.1) is 0 Å². The average molecular weight is 483 g/mol. The van der Waals surface area contributed by atoms with Crippen LogP contribution in [-0.2, 0) is 0 Å². The molecule has 3 aromatic heterocycles. The fraction of sp³-hybridized carbons (Fsp3) is 0.136. The Morgan fingerprint density at radius 1 is 1.10 bits per heavy atom. The summed E-state index contributed by atoms with van der Waals surface area (Å²) in [5.74, 6) is 1.35. The molecular formula is C22H19BrN4O2S. The topological polar surface area (TPSA) is 62.1 Å². The fourth-order valence-corrected chi connectivity index (χ4v) is 3.85. The van der Waals surface area contributed by atoms with E-state index in [2.05, 4.69) is 50.4 Å². The number of halogens is 1. The zero-order chi connectivity index (χ0) is 20.9. The summed E-state index contributed by atoms with van der Waals surface area (Å²) >= 11 is 7.76. The SMILES string of the molecule is C=Cc1ccccc1OCCCOc1ncccc1-c1cc2c(Br)nn(S)c2cn1. The molecule has 0 saturated carbocycles. The van der Waals surface area contributed by atoms with Crippen LogP contribution in [0.5, 0.6) is 11.6 Å². The van der Waals surface area contributed by atoms with Crippen molar-refractivity contribution in [1.29, 1.82) is 0 Å². The number of para-hydroxylation sites is 1. The molecule has 0 spiro atoms. The quantitative estimate of drug-likeness (QED) is 0.267. The summed E-state index contributed by atoms with van der Waals surface area (Å²) in [5.41, 5.74) is 3.36. The number of nitrogens with zero attached hydrogens (tertiary/aromatic N) is 4. The average Bonchev–Trinajstić information content (AvgIpc) is 3.07. The van der Waals surface area contributed by atoms with Gasteiger partial charge in [-0.25, -0.2) is 9.07 Å². The molecule has 0 N–H and O–H groups in total. The number of thiol groups is 1. The number of benzene rings is 1. The van der Waals surface area contributed by atoms with Crippen molar-refractivity contribution >= 4 is 45.7 Å². The molecule has 152 valence electrons. The maximum Gasteiger partial charge on any atom is 0.222 e. The van der Waals surface area contributed by atoms with Gasteiger partial charge in [-0.1, -0.05) is 30.9 Å². The summed E-state index contributed by atoms with van der Waals surface area (Å²) in [6.45, 7) is 4.81. The predicted molar refractivity (Wildman–Crippen MR) is 125 cm³/mol. The Balaban J connectivity index is 1.43. The van der Waals surface area contributed by atoms with E-state index in [9.17, 15) is 0 Å². The van der Waals surface area contributed by atoms with Gasteiger partial charge >= 0.3 is 0 Å². The highest BCUT2D eigenvalue weighted by Gasteiger charge is 2.13. The summed E-state index contributed by atoms with van der Waals surface area (Å²) in [5, 5.41) is 5.16. The third-order valence-electron chi connectivity index (χ3n) is 4.47. The van der Waals surface area contributed by atoms with Crippen molar-refractivity contribution in [1.82, 2.24) is 19.2 Å². The van der Waals surface area contributed by atoms with Crippen LogP contribution >= 0.6 is 28.7 Å². The van der Waals surface area contributed by atoms with Gasteiger partial charge in [-0.15, -0.1) is 0 Å². The molecule has 0 aliphatic heterocycles. The lowest BCUT2D eigenvalue weighted by atomic mass is 10.1. The number of aromatic nitrogens is 4. The second-order valence-electron chi connectivity index (χ2n) is 6.42. The van der Waals surface area contributed by atoms with E-state index in [1.807, 2.05) is 42.5 Å². The highest BCUT2D eigenvalue weighted by Crippen LogP contribution is 2.31. The maximum atomic E-state index is 5.93. The summed E-state index contributed by atoms with van der Waals surface area (Å²) < 4.78 is 14.0. The van der Waals surface area contributed by atoms with E-state index in [1.54, 1.807) is 18.5 Å². The van der Waals surface area contributed by atoms with E-state index in [-0.39, 0.29) is 0 Å². The van der Waals surface area contributed by atoms with Gasteiger partial charge in [0.25, 0.3) is 0 Å². The number of ether oxygens (including phenoxy) is 2. The molecule has 0 saturated heterocycles. The minimum Gasteiger partial charge on any atom is -0.493 e. The molecule has 30 heavy (non-hydrogen) atoms. The van der Waals surface area contributed by atoms with Gasteiger partial charge in [-0.3, -0.25) is 4.98 Å². The van der Waals surface area contributed by atoms with E-state index in [4.69, 9.17) is 9.47 Å². The van der Waals surface area contributed by atoms with Crippen molar-refractivity contribution in [3.05, 3.63) is 71.6 Å². The lowest BCUT2D eigenvalue weighted by Gasteiger charge is -2.11. The lowest BCUT2D eigenvalue weighted by molar-refractivity contribution is 0.242. The van der Waals surface area contributed by atoms with Crippen LogP contribution in [0.1, 0.15) is 12.0 Å². The summed E-state index contributed by atoms with van der Waals surface area (Å²) in [4.78, 5) is 8.91. The molecule has 0 bridgehead atoms. The van der Waals surface area contributed by atoms with E-state index in [1.165, 1.54) is 4.09 Å². The first-order chi connectivity index (χ1) is 14.7. The van der Waals surface area contributed by atoms with Crippen molar-refractivity contribution < 1.29 is 9.47 Å². The Hall–Kier alpha value is -2.84. The van der Waals surface area contributed by atoms with Crippen LogP contribution in [0.25, 0.3) is 28.2 Å². The molecule has 0 aliphatic carbocycles. The summed E-state index contributed by atoms with van der Waals surface area (Å²) in [6.07, 6.45) is 5.94. The largest absolute Gasteiger partial charge is 0.493 e. The summed E-state index contributed by atoms with van der Waals surface area (Å²) in [7, 11) is 0. The van der Waals surface area contributed by atoms with Gasteiger partial charge in [0.2, 0.25) is 5.88 Å². The third kappa shape index (κ3) is 4.34. The molecule has 0 radical (unpaired) electrons. The molecule has 3 heterocycles. The standard InChI is InChI=1S/C22H19BrN4O2S/c1-2-15-7-3-4-9-20(15)28-11-6-12-29-22-16(8-5-10-24-22)18-13-17-19(14-25-18)27(30)26-21(17)23/h2-5,7-10,13-14,30H,1,6,11-12H2. The Kier molecular flexibility index (Phi) is 6.35. The molecule has 0 unspecified atom stereocenters. The van der Waals surface area contributed by atoms with E-state index in [0.29, 0.717) is 30.1 Å². The number of hydrogen-bond donors (Lipinski definition) is 1. The monoisotopic (exact) mass is 482 g/mol.